The number of rotatable bonds is 16. The van der Waals surface area contributed by atoms with Crippen LogP contribution in [-0.2, 0) is 6.42 Å². The van der Waals surface area contributed by atoms with Gasteiger partial charge in [0.05, 0.1) is 6.54 Å². The SMILES string of the molecule is C=C(CCCCCCCCc1cccc(C(=C)NCCNC(C)(C)C)c1)NCC#CC(C)(C)C. The molecule has 0 saturated carbocycles. The summed E-state index contributed by atoms with van der Waals surface area (Å²) in [4.78, 5) is 0. The molecule has 0 atom stereocenters. The number of nitrogens with one attached hydrogen (secondary N) is 3. The maximum Gasteiger partial charge on any atom is 0.0763 e. The molecule has 0 aliphatic heterocycles. The Morgan fingerprint density at radius 2 is 1.53 bits per heavy atom. The fourth-order valence-corrected chi connectivity index (χ4v) is 3.61. The highest BCUT2D eigenvalue weighted by molar-refractivity contribution is 5.62. The van der Waals surface area contributed by atoms with Gasteiger partial charge in [-0.2, -0.15) is 0 Å². The molecule has 1 aromatic carbocycles. The van der Waals surface area contributed by atoms with Crippen LogP contribution in [0.4, 0.5) is 0 Å². The first kappa shape index (κ1) is 29.9. The third-order valence-electron chi connectivity index (χ3n) is 5.48. The second-order valence-electron chi connectivity index (χ2n) is 11.4. The molecular formula is C31H51N3. The molecule has 0 aliphatic carbocycles. The van der Waals surface area contributed by atoms with Crippen LogP contribution >= 0.6 is 0 Å². The lowest BCUT2D eigenvalue weighted by Crippen LogP contribution is -2.39. The van der Waals surface area contributed by atoms with E-state index in [9.17, 15) is 0 Å². The summed E-state index contributed by atoms with van der Waals surface area (Å²) in [5, 5.41) is 10.3. The van der Waals surface area contributed by atoms with Crippen molar-refractivity contribution >= 4 is 5.70 Å². The monoisotopic (exact) mass is 465 g/mol. The fourth-order valence-electron chi connectivity index (χ4n) is 3.61. The molecule has 0 unspecified atom stereocenters. The van der Waals surface area contributed by atoms with Gasteiger partial charge in [-0.05, 0) is 84.4 Å². The summed E-state index contributed by atoms with van der Waals surface area (Å²) in [6.07, 6.45) is 9.84. The number of hydrogen-bond donors (Lipinski definition) is 3. The van der Waals surface area contributed by atoms with Crippen LogP contribution in [0.25, 0.3) is 5.70 Å². The van der Waals surface area contributed by atoms with Gasteiger partial charge in [0.15, 0.2) is 0 Å². The van der Waals surface area contributed by atoms with Gasteiger partial charge < -0.3 is 16.0 Å². The summed E-state index contributed by atoms with van der Waals surface area (Å²) < 4.78 is 0. The highest BCUT2D eigenvalue weighted by Gasteiger charge is 2.07. The van der Waals surface area contributed by atoms with E-state index in [2.05, 4.69) is 107 Å². The second-order valence-corrected chi connectivity index (χ2v) is 11.4. The van der Waals surface area contributed by atoms with E-state index in [1.165, 1.54) is 49.7 Å². The summed E-state index contributed by atoms with van der Waals surface area (Å²) in [5.41, 5.74) is 4.95. The van der Waals surface area contributed by atoms with E-state index in [0.29, 0.717) is 6.54 Å². The lowest BCUT2D eigenvalue weighted by Gasteiger charge is -2.21. The van der Waals surface area contributed by atoms with Crippen molar-refractivity contribution in [2.24, 2.45) is 5.41 Å². The Labute approximate surface area is 211 Å². The topological polar surface area (TPSA) is 36.1 Å². The van der Waals surface area contributed by atoms with Gasteiger partial charge >= 0.3 is 0 Å². The largest absolute Gasteiger partial charge is 0.384 e. The third-order valence-corrected chi connectivity index (χ3v) is 5.48. The molecule has 190 valence electrons. The molecule has 0 spiro atoms. The first-order chi connectivity index (χ1) is 16.0. The van der Waals surface area contributed by atoms with E-state index in [4.69, 9.17) is 0 Å². The van der Waals surface area contributed by atoms with Crippen LogP contribution in [0.5, 0.6) is 0 Å². The van der Waals surface area contributed by atoms with Crippen molar-refractivity contribution < 1.29 is 0 Å². The average molecular weight is 466 g/mol. The van der Waals surface area contributed by atoms with E-state index < -0.39 is 0 Å². The van der Waals surface area contributed by atoms with Gasteiger partial charge in [-0.3, -0.25) is 0 Å². The molecule has 34 heavy (non-hydrogen) atoms. The lowest BCUT2D eigenvalue weighted by molar-refractivity contribution is 0.428. The molecule has 0 amide bonds. The standard InChI is InChI=1S/C31H51N3/c1-26(32-22-16-21-30(3,4)5)17-13-11-9-10-12-14-18-28-19-15-20-29(25-28)27(2)33-23-24-34-31(6,7)8/h15,19-20,25,32-34H,1-2,9-14,17-18,22-24H2,3-8H3. The second kappa shape index (κ2) is 15.7. The molecule has 3 nitrogen and oxygen atoms in total. The van der Waals surface area contributed by atoms with E-state index >= 15 is 0 Å². The molecule has 0 heterocycles. The first-order valence-electron chi connectivity index (χ1n) is 13.1. The summed E-state index contributed by atoms with van der Waals surface area (Å²) >= 11 is 0. The molecule has 0 bridgehead atoms. The predicted octanol–water partition coefficient (Wildman–Crippen LogP) is 7.06. The summed E-state index contributed by atoms with van der Waals surface area (Å²) in [5.74, 6) is 6.43. The van der Waals surface area contributed by atoms with E-state index in [1.807, 2.05) is 0 Å². The molecule has 0 radical (unpaired) electrons. The Morgan fingerprint density at radius 3 is 2.21 bits per heavy atom. The molecule has 1 rings (SSSR count). The van der Waals surface area contributed by atoms with Crippen LogP contribution in [0.2, 0.25) is 0 Å². The van der Waals surface area contributed by atoms with Crippen LogP contribution in [0, 0.1) is 17.3 Å². The van der Waals surface area contributed by atoms with Crippen LogP contribution in [0.3, 0.4) is 0 Å². The maximum atomic E-state index is 4.22. The third kappa shape index (κ3) is 16.4. The van der Waals surface area contributed by atoms with Crippen LogP contribution in [-0.4, -0.2) is 25.2 Å². The Kier molecular flexibility index (Phi) is 13.8. The van der Waals surface area contributed by atoms with Crippen molar-refractivity contribution in [2.75, 3.05) is 19.6 Å². The minimum Gasteiger partial charge on any atom is -0.384 e. The zero-order valence-electron chi connectivity index (χ0n) is 23.0. The number of hydrogen-bond acceptors (Lipinski definition) is 3. The van der Waals surface area contributed by atoms with Crippen LogP contribution < -0.4 is 16.0 Å². The van der Waals surface area contributed by atoms with Crippen molar-refractivity contribution in [3.05, 3.63) is 54.2 Å². The Morgan fingerprint density at radius 1 is 0.853 bits per heavy atom. The summed E-state index contributed by atoms with van der Waals surface area (Å²) in [6, 6.07) is 8.83. The minimum absolute atomic E-state index is 0.0707. The minimum atomic E-state index is 0.0707. The number of unbranched alkanes of at least 4 members (excludes halogenated alkanes) is 5. The molecule has 1 aromatic rings. The normalized spacial score (nSPS) is 11.5. The van der Waals surface area contributed by atoms with E-state index in [-0.39, 0.29) is 11.0 Å². The Balaban J connectivity index is 2.13. The molecule has 0 aliphatic rings. The van der Waals surface area contributed by atoms with Crippen molar-refractivity contribution in [3.8, 4) is 11.8 Å². The molecule has 3 heteroatoms. The fraction of sp³-hybridized carbons (Fsp3) is 0.613. The number of aryl methyl sites for hydroxylation is 1. The smallest absolute Gasteiger partial charge is 0.0763 e. The first-order valence-corrected chi connectivity index (χ1v) is 13.1. The highest BCUT2D eigenvalue weighted by Crippen LogP contribution is 2.16. The molecule has 0 aromatic heterocycles. The van der Waals surface area contributed by atoms with E-state index in [0.717, 1.165) is 37.3 Å². The predicted molar refractivity (Wildman–Crippen MR) is 152 cm³/mol. The van der Waals surface area contributed by atoms with Crippen LogP contribution in [0.15, 0.2) is 43.1 Å². The molecular weight excluding hydrogens is 414 g/mol. The average Bonchev–Trinajstić information content (AvgIpc) is 2.75. The van der Waals surface area contributed by atoms with E-state index in [1.54, 1.807) is 0 Å². The molecule has 0 fully saturated rings. The molecule has 0 saturated heterocycles. The lowest BCUT2D eigenvalue weighted by atomic mass is 9.98. The van der Waals surface area contributed by atoms with Gasteiger partial charge in [-0.25, -0.2) is 0 Å². The quantitative estimate of drug-likeness (QED) is 0.181. The Hall–Kier alpha value is -2.18. The van der Waals surface area contributed by atoms with Gasteiger partial charge in [-0.15, -0.1) is 0 Å². The van der Waals surface area contributed by atoms with Crippen LogP contribution in [0.1, 0.15) is 97.6 Å². The van der Waals surface area contributed by atoms with Crippen molar-refractivity contribution in [1.29, 1.82) is 0 Å². The summed E-state index contributed by atoms with van der Waals surface area (Å²) in [7, 11) is 0. The van der Waals surface area contributed by atoms with Crippen molar-refractivity contribution in [3.63, 3.8) is 0 Å². The van der Waals surface area contributed by atoms with Gasteiger partial charge in [0.1, 0.15) is 0 Å². The van der Waals surface area contributed by atoms with Crippen molar-refractivity contribution in [2.45, 2.75) is 98.4 Å². The summed E-state index contributed by atoms with van der Waals surface area (Å²) in [6.45, 7) is 23.8. The van der Waals surface area contributed by atoms with Gasteiger partial charge in [-0.1, -0.05) is 68.9 Å². The number of benzene rings is 1. The van der Waals surface area contributed by atoms with Gasteiger partial charge in [0, 0.05) is 35.4 Å². The maximum absolute atomic E-state index is 4.22. The zero-order chi connectivity index (χ0) is 25.5. The van der Waals surface area contributed by atoms with Crippen molar-refractivity contribution in [1.82, 2.24) is 16.0 Å². The van der Waals surface area contributed by atoms with Gasteiger partial charge in [0.2, 0.25) is 0 Å². The molecule has 3 N–H and O–H groups in total. The zero-order valence-corrected chi connectivity index (χ0v) is 23.0. The highest BCUT2D eigenvalue weighted by atomic mass is 15.0. The van der Waals surface area contributed by atoms with Gasteiger partial charge in [0.25, 0.3) is 0 Å². The number of allylic oxidation sites excluding steroid dienone is 1. The Bertz CT molecular complexity index is 796.